The van der Waals surface area contributed by atoms with Crippen molar-refractivity contribution >= 4 is 17.7 Å². The lowest BCUT2D eigenvalue weighted by molar-refractivity contribution is -0.132. The largest absolute Gasteiger partial charge is 0.390 e. The van der Waals surface area contributed by atoms with E-state index in [0.29, 0.717) is 13.1 Å². The lowest BCUT2D eigenvalue weighted by Gasteiger charge is -2.28. The molecule has 4 nitrogen and oxygen atoms in total. The maximum atomic E-state index is 12.5. The van der Waals surface area contributed by atoms with Crippen LogP contribution in [0.3, 0.4) is 0 Å². The van der Waals surface area contributed by atoms with E-state index in [1.165, 1.54) is 10.5 Å². The molecule has 3 atom stereocenters. The number of benzene rings is 1. The van der Waals surface area contributed by atoms with E-state index in [9.17, 15) is 9.90 Å². The molecular formula is C14H18N2O2S. The summed E-state index contributed by atoms with van der Waals surface area (Å²) < 4.78 is 0. The van der Waals surface area contributed by atoms with Gasteiger partial charge in [0.25, 0.3) is 0 Å². The Kier molecular flexibility index (Phi) is 3.52. The van der Waals surface area contributed by atoms with Gasteiger partial charge in [0.15, 0.2) is 0 Å². The predicted molar refractivity (Wildman–Crippen MR) is 75.2 cm³/mol. The highest BCUT2D eigenvalue weighted by Gasteiger charge is 2.36. The Morgan fingerprint density at radius 2 is 2.21 bits per heavy atom. The van der Waals surface area contributed by atoms with Gasteiger partial charge in [-0.1, -0.05) is 18.2 Å². The first-order valence-corrected chi connectivity index (χ1v) is 7.45. The van der Waals surface area contributed by atoms with E-state index >= 15 is 0 Å². The normalized spacial score (nSPS) is 29.3. The Labute approximate surface area is 117 Å². The van der Waals surface area contributed by atoms with Gasteiger partial charge in [0.2, 0.25) is 5.91 Å². The Bertz CT molecular complexity index is 469. The zero-order valence-corrected chi connectivity index (χ0v) is 11.7. The summed E-state index contributed by atoms with van der Waals surface area (Å²) in [7, 11) is 1.80. The molecule has 2 heterocycles. The van der Waals surface area contributed by atoms with Gasteiger partial charge in [-0.2, -0.15) is 0 Å². The van der Waals surface area contributed by atoms with Crippen LogP contribution in [0.1, 0.15) is 5.56 Å². The summed E-state index contributed by atoms with van der Waals surface area (Å²) in [5.74, 6) is 0.119. The molecule has 1 aromatic rings. The van der Waals surface area contributed by atoms with Crippen molar-refractivity contribution in [3.63, 3.8) is 0 Å². The second-order valence-corrected chi connectivity index (χ2v) is 6.40. The van der Waals surface area contributed by atoms with Crippen LogP contribution in [-0.2, 0) is 11.2 Å². The number of aliphatic hydroxyl groups excluding tert-OH is 1. The quantitative estimate of drug-likeness (QED) is 0.827. The summed E-state index contributed by atoms with van der Waals surface area (Å²) in [5, 5.41) is 12.9. The van der Waals surface area contributed by atoms with Gasteiger partial charge in [-0.05, 0) is 18.1 Å². The van der Waals surface area contributed by atoms with Gasteiger partial charge in [-0.15, -0.1) is 11.8 Å². The van der Waals surface area contributed by atoms with Crippen LogP contribution >= 0.6 is 11.8 Å². The number of nitrogens with zero attached hydrogens (tertiary/aromatic N) is 1. The second-order valence-electron chi connectivity index (χ2n) is 5.16. The number of hydrogen-bond donors (Lipinski definition) is 2. The summed E-state index contributed by atoms with van der Waals surface area (Å²) in [6, 6.07) is 8.07. The fraction of sp³-hybridized carbons (Fsp3) is 0.500. The Hall–Kier alpha value is -1.04. The lowest BCUT2D eigenvalue weighted by atomic mass is 10.1. The molecule has 2 N–H and O–H groups in total. The number of hydrogen-bond acceptors (Lipinski definition) is 4. The summed E-state index contributed by atoms with van der Waals surface area (Å²) in [6.45, 7) is 1.24. The molecule has 3 rings (SSSR count). The van der Waals surface area contributed by atoms with Crippen LogP contribution in [0.5, 0.6) is 0 Å². The number of aliphatic hydroxyl groups is 1. The van der Waals surface area contributed by atoms with Crippen molar-refractivity contribution in [1.29, 1.82) is 0 Å². The van der Waals surface area contributed by atoms with Crippen LogP contribution < -0.4 is 5.32 Å². The third-order valence-electron chi connectivity index (χ3n) is 3.92. The average Bonchev–Trinajstić information content (AvgIpc) is 3.02. The van der Waals surface area contributed by atoms with E-state index < -0.39 is 6.10 Å². The summed E-state index contributed by atoms with van der Waals surface area (Å²) in [6.07, 6.45) is 0.336. The van der Waals surface area contributed by atoms with Crippen molar-refractivity contribution in [2.45, 2.75) is 28.7 Å². The summed E-state index contributed by atoms with van der Waals surface area (Å²) >= 11 is 1.64. The third kappa shape index (κ3) is 2.38. The zero-order valence-electron chi connectivity index (χ0n) is 10.9. The molecule has 0 saturated carbocycles. The van der Waals surface area contributed by atoms with Crippen molar-refractivity contribution in [3.8, 4) is 0 Å². The number of likely N-dealkylation sites (N-methyl/N-ethyl adjacent to an activating group) is 1. The minimum absolute atomic E-state index is 0.0461. The molecule has 5 heteroatoms. The number of fused-ring (bicyclic) bond motifs is 1. The predicted octanol–water partition coefficient (Wildman–Crippen LogP) is 0.494. The fourth-order valence-corrected chi connectivity index (χ4v) is 4.05. The molecule has 19 heavy (non-hydrogen) atoms. The van der Waals surface area contributed by atoms with Crippen molar-refractivity contribution < 1.29 is 9.90 Å². The number of rotatable bonds is 2. The molecule has 102 valence electrons. The molecule has 2 aliphatic heterocycles. The number of β-amino-alcohol motifs (C(OH)–C–C–N with tert-alkyl or cyclic N) is 1. The fourth-order valence-electron chi connectivity index (χ4n) is 2.76. The maximum Gasteiger partial charge on any atom is 0.236 e. The van der Waals surface area contributed by atoms with E-state index in [1.807, 2.05) is 12.1 Å². The van der Waals surface area contributed by atoms with Crippen LogP contribution in [0.15, 0.2) is 29.2 Å². The van der Waals surface area contributed by atoms with Crippen molar-refractivity contribution in [1.82, 2.24) is 10.2 Å². The number of carbonyl (C=O) groups excluding carboxylic acids is 1. The second kappa shape index (κ2) is 5.15. The molecule has 1 fully saturated rings. The minimum atomic E-state index is -0.456. The molecule has 1 aromatic carbocycles. The lowest BCUT2D eigenvalue weighted by Crippen LogP contribution is -2.47. The summed E-state index contributed by atoms with van der Waals surface area (Å²) in [4.78, 5) is 15.4. The molecule has 1 unspecified atom stereocenters. The van der Waals surface area contributed by atoms with E-state index in [2.05, 4.69) is 17.4 Å². The van der Waals surface area contributed by atoms with Crippen LogP contribution in [0.4, 0.5) is 0 Å². The molecule has 0 aromatic heterocycles. The molecule has 0 radical (unpaired) electrons. The highest BCUT2D eigenvalue weighted by Crippen LogP contribution is 2.37. The Morgan fingerprint density at radius 1 is 1.42 bits per heavy atom. The highest BCUT2D eigenvalue weighted by atomic mass is 32.2. The van der Waals surface area contributed by atoms with Crippen LogP contribution in [-0.4, -0.2) is 53.4 Å². The highest BCUT2D eigenvalue weighted by molar-refractivity contribution is 8.01. The number of amides is 1. The zero-order chi connectivity index (χ0) is 13.4. The van der Waals surface area contributed by atoms with Crippen LogP contribution in [0.25, 0.3) is 0 Å². The van der Waals surface area contributed by atoms with Gasteiger partial charge in [0.1, 0.15) is 0 Å². The van der Waals surface area contributed by atoms with Gasteiger partial charge >= 0.3 is 0 Å². The van der Waals surface area contributed by atoms with E-state index in [4.69, 9.17) is 0 Å². The Morgan fingerprint density at radius 3 is 2.89 bits per heavy atom. The van der Waals surface area contributed by atoms with Crippen molar-refractivity contribution in [2.75, 3.05) is 20.1 Å². The van der Waals surface area contributed by atoms with Gasteiger partial charge in [0.05, 0.1) is 17.4 Å². The van der Waals surface area contributed by atoms with E-state index in [-0.39, 0.29) is 17.2 Å². The van der Waals surface area contributed by atoms with Gasteiger partial charge < -0.3 is 15.3 Å². The molecule has 1 saturated heterocycles. The van der Waals surface area contributed by atoms with Crippen molar-refractivity contribution in [2.24, 2.45) is 0 Å². The first kappa shape index (κ1) is 13.0. The SMILES string of the molecule is CN(C(=O)C1Cc2ccccc2S1)[C@H]1CNC[C@@H]1O. The maximum absolute atomic E-state index is 12.5. The molecular weight excluding hydrogens is 260 g/mol. The smallest absolute Gasteiger partial charge is 0.236 e. The van der Waals surface area contributed by atoms with Crippen LogP contribution in [0, 0.1) is 0 Å². The topological polar surface area (TPSA) is 52.6 Å². The minimum Gasteiger partial charge on any atom is -0.390 e. The molecule has 0 bridgehead atoms. The molecule has 1 amide bonds. The van der Waals surface area contributed by atoms with E-state index in [1.54, 1.807) is 23.7 Å². The number of thioether (sulfide) groups is 1. The Balaban J connectivity index is 1.69. The number of carbonyl (C=O) groups is 1. The van der Waals surface area contributed by atoms with Gasteiger partial charge in [0, 0.05) is 25.0 Å². The monoisotopic (exact) mass is 278 g/mol. The van der Waals surface area contributed by atoms with Gasteiger partial charge in [-0.25, -0.2) is 0 Å². The average molecular weight is 278 g/mol. The van der Waals surface area contributed by atoms with Crippen molar-refractivity contribution in [3.05, 3.63) is 29.8 Å². The third-order valence-corrected chi connectivity index (χ3v) is 5.22. The standard InChI is InChI=1S/C14H18N2O2S/c1-16(10-7-15-8-11(10)17)14(18)13-6-9-4-2-3-5-12(9)19-13/h2-5,10-11,13,15,17H,6-8H2,1H3/t10-,11-,13?/m0/s1. The van der Waals surface area contributed by atoms with Crippen LogP contribution in [0.2, 0.25) is 0 Å². The summed E-state index contributed by atoms with van der Waals surface area (Å²) in [5.41, 5.74) is 1.25. The molecule has 0 aliphatic carbocycles. The molecule has 0 spiro atoms. The van der Waals surface area contributed by atoms with Gasteiger partial charge in [-0.3, -0.25) is 4.79 Å². The first-order valence-electron chi connectivity index (χ1n) is 6.57. The van der Waals surface area contributed by atoms with E-state index in [0.717, 1.165) is 6.42 Å². The molecule has 2 aliphatic rings. The number of nitrogens with one attached hydrogen (secondary N) is 1. The first-order chi connectivity index (χ1) is 9.16.